The van der Waals surface area contributed by atoms with Crippen LogP contribution in [0.1, 0.15) is 12.6 Å². The van der Waals surface area contributed by atoms with Crippen LogP contribution in [0, 0.1) is 0 Å². The molecule has 0 radical (unpaired) electrons. The van der Waals surface area contributed by atoms with Crippen LogP contribution < -0.4 is 26.4 Å². The molecule has 1 aromatic rings. The van der Waals surface area contributed by atoms with Crippen LogP contribution in [-0.2, 0) is 41.4 Å². The summed E-state index contributed by atoms with van der Waals surface area (Å²) < 4.78 is 58.7. The van der Waals surface area contributed by atoms with Gasteiger partial charge in [-0.05, 0) is 6.42 Å². The SMILES string of the molecule is O=C(NC1[C@@H](OP(=O)([O-])OP(=O)([O-])OCC2OC(n3ccc(=O)[nH]c3=O)C(O)C2O)OC(CO)[C@H](O)[C@@H]1O)OCCOCCCO. The van der Waals surface area contributed by atoms with Crippen LogP contribution in [0.5, 0.6) is 0 Å². The fourth-order valence-electron chi connectivity index (χ4n) is 4.15. The monoisotopic (exact) mass is 709 g/mol. The Kier molecular flexibility index (Phi) is 14.0. The number of nitrogens with one attached hydrogen (secondary N) is 2. The van der Waals surface area contributed by atoms with Gasteiger partial charge in [-0.15, -0.1) is 0 Å². The van der Waals surface area contributed by atoms with Crippen molar-refractivity contribution in [3.63, 3.8) is 0 Å². The van der Waals surface area contributed by atoms with Crippen molar-refractivity contribution < 1.29 is 86.7 Å². The third-order valence-corrected chi connectivity index (χ3v) is 8.90. The van der Waals surface area contributed by atoms with Gasteiger partial charge in [0.25, 0.3) is 21.2 Å². The Hall–Kier alpha value is -2.15. The smallest absolute Gasteiger partial charge is 0.407 e. The van der Waals surface area contributed by atoms with E-state index in [4.69, 9.17) is 24.1 Å². The maximum Gasteiger partial charge on any atom is 0.407 e. The van der Waals surface area contributed by atoms with Gasteiger partial charge in [-0.25, -0.2) is 13.9 Å². The van der Waals surface area contributed by atoms with Crippen LogP contribution in [0.3, 0.4) is 0 Å². The van der Waals surface area contributed by atoms with E-state index >= 15 is 0 Å². The van der Waals surface area contributed by atoms with Crippen molar-refractivity contribution in [1.29, 1.82) is 0 Å². The molecule has 3 rings (SSSR count). The fourth-order valence-corrected chi connectivity index (χ4v) is 6.23. The molecular weight excluding hydrogens is 676 g/mol. The Morgan fingerprint density at radius 2 is 1.67 bits per heavy atom. The zero-order valence-corrected chi connectivity index (χ0v) is 25.3. The number of aromatic amines is 1. The number of aliphatic hydroxyl groups is 6. The molecule has 0 spiro atoms. The van der Waals surface area contributed by atoms with Gasteiger partial charge in [0.05, 0.1) is 19.8 Å². The van der Waals surface area contributed by atoms with Crippen molar-refractivity contribution in [1.82, 2.24) is 14.9 Å². The number of carbonyl (C=O) groups excluding carboxylic acids is 1. The Morgan fingerprint density at radius 3 is 2.33 bits per heavy atom. The highest BCUT2D eigenvalue weighted by Crippen LogP contribution is 2.57. The van der Waals surface area contributed by atoms with Crippen molar-refractivity contribution in [3.8, 4) is 0 Å². The normalized spacial score (nSPS) is 32.4. The number of aromatic nitrogens is 2. The predicted molar refractivity (Wildman–Crippen MR) is 139 cm³/mol. The summed E-state index contributed by atoms with van der Waals surface area (Å²) in [5.41, 5.74) is -1.82. The Labute approximate surface area is 258 Å². The molecule has 1 amide bonds. The lowest BCUT2D eigenvalue weighted by Gasteiger charge is -2.43. The van der Waals surface area contributed by atoms with Gasteiger partial charge in [0.1, 0.15) is 49.3 Å². The van der Waals surface area contributed by atoms with Gasteiger partial charge in [0.15, 0.2) is 12.5 Å². The first-order valence-corrected chi connectivity index (χ1v) is 16.2. The van der Waals surface area contributed by atoms with E-state index in [-0.39, 0.29) is 26.4 Å². The standard InChI is InChI=1S/C21H35N3O20P2/c25-4-1-5-38-6-7-39-21(33)23-13-16(30)14(28)10(8-26)42-19(13)43-46(36,37)44-45(34,35)40-9-11-15(29)17(31)18(41-11)24-3-2-12(27)22-20(24)32/h2-3,10-11,13-19,25-26,28-31H,1,4-9H2,(H,23,33)(H,34,35)(H,36,37)(H,22,27,32)/p-2/t10?,11?,13?,14-,15?,16+,17?,18?,19+/m0/s1. The second-order valence-electron chi connectivity index (χ2n) is 9.64. The number of alkyl carbamates (subject to hydrolysis) is 1. The molecule has 11 atom stereocenters. The maximum absolute atomic E-state index is 12.5. The number of phosphoric acid groups is 2. The number of hydrogen-bond donors (Lipinski definition) is 8. The highest BCUT2D eigenvalue weighted by Gasteiger charge is 2.48. The molecule has 2 aliphatic heterocycles. The second kappa shape index (κ2) is 16.8. The van der Waals surface area contributed by atoms with Crippen molar-refractivity contribution in [2.24, 2.45) is 0 Å². The van der Waals surface area contributed by atoms with Gasteiger partial charge < -0.3 is 69.2 Å². The molecule has 0 saturated carbocycles. The van der Waals surface area contributed by atoms with Crippen LogP contribution in [0.15, 0.2) is 21.9 Å². The molecule has 0 bridgehead atoms. The highest BCUT2D eigenvalue weighted by molar-refractivity contribution is 7.59. The molecule has 8 unspecified atom stereocenters. The van der Waals surface area contributed by atoms with Gasteiger partial charge in [0, 0.05) is 25.5 Å². The van der Waals surface area contributed by atoms with Gasteiger partial charge in [0.2, 0.25) is 0 Å². The van der Waals surface area contributed by atoms with Gasteiger partial charge in [-0.2, -0.15) is 0 Å². The minimum atomic E-state index is -6.06. The van der Waals surface area contributed by atoms with E-state index in [9.17, 15) is 58.8 Å². The van der Waals surface area contributed by atoms with Crippen molar-refractivity contribution >= 4 is 21.7 Å². The first-order valence-electron chi connectivity index (χ1n) is 13.3. The summed E-state index contributed by atoms with van der Waals surface area (Å²) >= 11 is 0. The predicted octanol–water partition coefficient (Wildman–Crippen LogP) is -5.92. The number of aliphatic hydroxyl groups excluding tert-OH is 6. The number of phosphoric ester groups is 2. The average molecular weight is 709 g/mol. The Bertz CT molecular complexity index is 1360. The number of ether oxygens (including phenoxy) is 4. The van der Waals surface area contributed by atoms with Crippen molar-refractivity contribution in [3.05, 3.63) is 33.1 Å². The van der Waals surface area contributed by atoms with Crippen molar-refractivity contribution in [2.45, 2.75) is 61.6 Å². The summed E-state index contributed by atoms with van der Waals surface area (Å²) in [4.78, 5) is 62.2. The minimum absolute atomic E-state index is 0.108. The van der Waals surface area contributed by atoms with E-state index < -0.39 is 101 Å². The quantitative estimate of drug-likeness (QED) is 0.0585. The van der Waals surface area contributed by atoms with Gasteiger partial charge in [-0.1, -0.05) is 0 Å². The molecule has 2 aliphatic rings. The summed E-state index contributed by atoms with van der Waals surface area (Å²) in [5, 5.41) is 61.1. The zero-order chi connectivity index (χ0) is 34.2. The largest absolute Gasteiger partial charge is 0.756 e. The Morgan fingerprint density at radius 1 is 0.978 bits per heavy atom. The van der Waals surface area contributed by atoms with Crippen LogP contribution in [-0.4, -0.2) is 135 Å². The number of nitrogens with zero attached hydrogens (tertiary/aromatic N) is 1. The summed E-state index contributed by atoms with van der Waals surface area (Å²) in [6.45, 7) is -2.58. The van der Waals surface area contributed by atoms with Crippen molar-refractivity contribution in [2.75, 3.05) is 39.6 Å². The van der Waals surface area contributed by atoms with E-state index in [1.165, 1.54) is 0 Å². The molecule has 3 heterocycles. The lowest BCUT2D eigenvalue weighted by molar-refractivity contribution is -0.284. The minimum Gasteiger partial charge on any atom is -0.756 e. The molecule has 0 aromatic carbocycles. The molecule has 23 nitrogen and oxygen atoms in total. The molecule has 2 saturated heterocycles. The number of amides is 1. The maximum atomic E-state index is 12.5. The van der Waals surface area contributed by atoms with E-state index in [0.717, 1.165) is 12.3 Å². The molecule has 264 valence electrons. The first-order chi connectivity index (χ1) is 21.6. The third-order valence-electron chi connectivity index (χ3n) is 6.37. The van der Waals surface area contributed by atoms with Crippen LogP contribution in [0.4, 0.5) is 4.79 Å². The van der Waals surface area contributed by atoms with E-state index in [0.29, 0.717) is 11.0 Å². The molecule has 2 fully saturated rings. The summed E-state index contributed by atoms with van der Waals surface area (Å²) in [6.07, 6.45) is -15.0. The molecule has 0 aliphatic carbocycles. The topological polar surface area (TPSA) is 350 Å². The van der Waals surface area contributed by atoms with E-state index in [1.54, 1.807) is 0 Å². The van der Waals surface area contributed by atoms with Crippen LogP contribution >= 0.6 is 15.6 Å². The van der Waals surface area contributed by atoms with E-state index in [1.807, 2.05) is 10.3 Å². The Balaban J connectivity index is 1.62. The molecular formula is C21H33N3O20P2-2. The lowest BCUT2D eigenvalue weighted by Crippen LogP contribution is -2.64. The molecule has 25 heteroatoms. The molecule has 8 N–H and O–H groups in total. The molecule has 1 aromatic heterocycles. The number of hydrogen-bond acceptors (Lipinski definition) is 20. The second-order valence-corrected chi connectivity index (χ2v) is 12.6. The highest BCUT2D eigenvalue weighted by atomic mass is 31.3. The van der Waals surface area contributed by atoms with Gasteiger partial charge in [-0.3, -0.25) is 28.0 Å². The zero-order valence-electron chi connectivity index (χ0n) is 23.5. The first kappa shape index (κ1) is 38.3. The summed E-state index contributed by atoms with van der Waals surface area (Å²) in [5.74, 6) is 0. The van der Waals surface area contributed by atoms with Crippen LogP contribution in [0.25, 0.3) is 0 Å². The lowest BCUT2D eigenvalue weighted by atomic mass is 9.97. The third kappa shape index (κ3) is 10.4. The summed E-state index contributed by atoms with van der Waals surface area (Å²) in [7, 11) is -12.0. The fraction of sp³-hybridized carbons (Fsp3) is 0.762. The number of H-pyrrole nitrogens is 1. The number of carbonyl (C=O) groups is 1. The van der Waals surface area contributed by atoms with Gasteiger partial charge >= 0.3 is 11.8 Å². The molecule has 46 heavy (non-hydrogen) atoms. The van der Waals surface area contributed by atoms with Crippen LogP contribution in [0.2, 0.25) is 0 Å². The average Bonchev–Trinajstić information content (AvgIpc) is 3.25. The summed E-state index contributed by atoms with van der Waals surface area (Å²) in [6, 6.07) is -1.05. The van der Waals surface area contributed by atoms with E-state index in [2.05, 4.69) is 13.4 Å². The number of rotatable bonds is 16.